The van der Waals surface area contributed by atoms with Gasteiger partial charge in [0.05, 0.1) is 5.69 Å². The summed E-state index contributed by atoms with van der Waals surface area (Å²) in [6.45, 7) is 6.88. The zero-order valence-electron chi connectivity index (χ0n) is 18.9. The molecule has 0 spiro atoms. The van der Waals surface area contributed by atoms with Crippen LogP contribution < -0.4 is 5.32 Å². The van der Waals surface area contributed by atoms with Gasteiger partial charge in [0.15, 0.2) is 0 Å². The van der Waals surface area contributed by atoms with Gasteiger partial charge < -0.3 is 10.2 Å². The largest absolute Gasteiger partial charge is 0.322 e. The first-order chi connectivity index (χ1) is 15.6. The Balaban J connectivity index is 0.00000176. The maximum Gasteiger partial charge on any atom is 0.322 e. The van der Waals surface area contributed by atoms with Gasteiger partial charge >= 0.3 is 6.03 Å². The van der Waals surface area contributed by atoms with Crippen LogP contribution in [0.5, 0.6) is 0 Å². The number of hydrogen-bond donors (Lipinski definition) is 1. The molecule has 2 aromatic rings. The molecular formula is C27H32FN3O. The summed E-state index contributed by atoms with van der Waals surface area (Å²) in [6, 6.07) is 16.8. The van der Waals surface area contributed by atoms with E-state index in [4.69, 9.17) is 0 Å². The minimum Gasteiger partial charge on any atom is -0.322 e. The van der Waals surface area contributed by atoms with Crippen LogP contribution in [0.15, 0.2) is 78.4 Å². The van der Waals surface area contributed by atoms with Gasteiger partial charge in [0, 0.05) is 32.2 Å². The molecule has 0 unspecified atom stereocenters. The number of hydrogen-bond acceptors (Lipinski definition) is 2. The van der Waals surface area contributed by atoms with Gasteiger partial charge in [-0.05, 0) is 38.0 Å². The molecule has 1 saturated heterocycles. The van der Waals surface area contributed by atoms with Crippen molar-refractivity contribution in [3.8, 4) is 12.8 Å². The first-order valence-electron chi connectivity index (χ1n) is 10.8. The Morgan fingerprint density at radius 1 is 1.03 bits per heavy atom. The van der Waals surface area contributed by atoms with Crippen LogP contribution in [-0.2, 0) is 0 Å². The Morgan fingerprint density at radius 3 is 2.25 bits per heavy atom. The molecule has 4 nitrogen and oxygen atoms in total. The van der Waals surface area contributed by atoms with Gasteiger partial charge in [-0.3, -0.25) is 4.90 Å². The van der Waals surface area contributed by atoms with E-state index in [1.54, 1.807) is 23.1 Å². The molecule has 0 aromatic heterocycles. The van der Waals surface area contributed by atoms with Crippen LogP contribution in [0.25, 0.3) is 0 Å². The van der Waals surface area contributed by atoms with Gasteiger partial charge in [-0.1, -0.05) is 66.3 Å². The second-order valence-electron chi connectivity index (χ2n) is 7.43. The van der Waals surface area contributed by atoms with Crippen molar-refractivity contribution in [3.05, 3.63) is 89.8 Å². The van der Waals surface area contributed by atoms with E-state index >= 15 is 0 Å². The predicted octanol–water partition coefficient (Wildman–Crippen LogP) is 5.88. The van der Waals surface area contributed by atoms with Gasteiger partial charge in [0.1, 0.15) is 5.82 Å². The number of amides is 2. The molecule has 2 amide bonds. The number of benzene rings is 2. The van der Waals surface area contributed by atoms with Crippen molar-refractivity contribution in [3.63, 3.8) is 0 Å². The quantitative estimate of drug-likeness (QED) is 0.456. The molecule has 0 saturated carbocycles. The molecule has 0 aliphatic carbocycles. The normalized spacial score (nSPS) is 15.7. The van der Waals surface area contributed by atoms with Crippen LogP contribution in [0.1, 0.15) is 31.9 Å². The number of halogens is 1. The number of anilines is 1. The molecule has 0 radical (unpaired) electrons. The fraction of sp³-hybridized carbons (Fsp3) is 0.296. The van der Waals surface area contributed by atoms with E-state index in [2.05, 4.69) is 72.5 Å². The van der Waals surface area contributed by atoms with Crippen LogP contribution in [0.3, 0.4) is 0 Å². The summed E-state index contributed by atoms with van der Waals surface area (Å²) in [6.07, 6.45) is 15.3. The minimum atomic E-state index is -0.420. The van der Waals surface area contributed by atoms with Crippen LogP contribution in [-0.4, -0.2) is 42.0 Å². The van der Waals surface area contributed by atoms with Gasteiger partial charge in [-0.2, -0.15) is 0 Å². The maximum absolute atomic E-state index is 13.8. The molecule has 1 N–H and O–H groups in total. The second-order valence-corrected chi connectivity index (χ2v) is 7.43. The molecule has 5 heteroatoms. The van der Waals surface area contributed by atoms with E-state index in [1.807, 2.05) is 13.0 Å². The average molecular weight is 434 g/mol. The number of piperazine rings is 1. The number of urea groups is 1. The van der Waals surface area contributed by atoms with Crippen LogP contribution >= 0.6 is 0 Å². The van der Waals surface area contributed by atoms with Crippen molar-refractivity contribution < 1.29 is 9.18 Å². The van der Waals surface area contributed by atoms with Crippen molar-refractivity contribution in [1.82, 2.24) is 9.80 Å². The average Bonchev–Trinajstić information content (AvgIpc) is 2.85. The SMILES string of the molecule is C#C.C/C=C\C(=C/C)C[C@@H](c1ccccc1)N1CCN(C(=O)Nc2ccccc2F)CC1. The summed E-state index contributed by atoms with van der Waals surface area (Å²) in [5, 5.41) is 2.69. The number of terminal acetylenes is 1. The van der Waals surface area contributed by atoms with E-state index in [9.17, 15) is 9.18 Å². The zero-order valence-corrected chi connectivity index (χ0v) is 18.9. The molecule has 2 aromatic carbocycles. The van der Waals surface area contributed by atoms with E-state index in [1.165, 1.54) is 17.2 Å². The molecule has 1 heterocycles. The highest BCUT2D eigenvalue weighted by atomic mass is 19.1. The van der Waals surface area contributed by atoms with Gasteiger partial charge in [-0.25, -0.2) is 9.18 Å². The number of carbonyl (C=O) groups is 1. The molecule has 0 bridgehead atoms. The number of allylic oxidation sites excluding steroid dienone is 3. The van der Waals surface area contributed by atoms with Crippen LogP contribution in [0.4, 0.5) is 14.9 Å². The molecule has 32 heavy (non-hydrogen) atoms. The Kier molecular flexibility index (Phi) is 10.2. The van der Waals surface area contributed by atoms with Crippen molar-refractivity contribution in [1.29, 1.82) is 0 Å². The van der Waals surface area contributed by atoms with Crippen molar-refractivity contribution in [2.45, 2.75) is 26.3 Å². The summed E-state index contributed by atoms with van der Waals surface area (Å²) in [5.74, 6) is -0.420. The third-order valence-corrected chi connectivity index (χ3v) is 5.52. The van der Waals surface area contributed by atoms with Gasteiger partial charge in [-0.15, -0.1) is 12.8 Å². The highest BCUT2D eigenvalue weighted by Crippen LogP contribution is 2.29. The second kappa shape index (κ2) is 13.1. The lowest BCUT2D eigenvalue weighted by Gasteiger charge is -2.39. The smallest absolute Gasteiger partial charge is 0.322 e. The van der Waals surface area contributed by atoms with E-state index in [0.717, 1.165) is 19.5 Å². The lowest BCUT2D eigenvalue weighted by molar-refractivity contribution is 0.112. The van der Waals surface area contributed by atoms with Gasteiger partial charge in [0.2, 0.25) is 0 Å². The Bertz CT molecular complexity index is 928. The summed E-state index contributed by atoms with van der Waals surface area (Å²) in [5.41, 5.74) is 2.80. The molecule has 3 rings (SSSR count). The minimum absolute atomic E-state index is 0.219. The third-order valence-electron chi connectivity index (χ3n) is 5.52. The lowest BCUT2D eigenvalue weighted by atomic mass is 9.96. The maximum atomic E-state index is 13.8. The topological polar surface area (TPSA) is 35.6 Å². The molecule has 1 aliphatic rings. The van der Waals surface area contributed by atoms with E-state index in [-0.39, 0.29) is 17.8 Å². The zero-order chi connectivity index (χ0) is 23.3. The van der Waals surface area contributed by atoms with Crippen LogP contribution in [0, 0.1) is 18.7 Å². The number of rotatable bonds is 6. The fourth-order valence-electron chi connectivity index (χ4n) is 3.85. The standard InChI is InChI=1S/C25H30FN3O.C2H2/c1-3-10-20(4-2)19-24(21-11-6-5-7-12-21)28-15-17-29(18-16-28)25(30)27-23-14-9-8-13-22(23)26;1-2/h3-14,24H,15-19H2,1-2H3,(H,27,30);1-2H/b10-3-,20-4+;/t24-;/m0./s1. The Morgan fingerprint density at radius 2 is 1.66 bits per heavy atom. The number of nitrogens with zero attached hydrogens (tertiary/aromatic N) is 2. The molecule has 1 aliphatic heterocycles. The highest BCUT2D eigenvalue weighted by molar-refractivity contribution is 5.89. The summed E-state index contributed by atoms with van der Waals surface area (Å²) in [4.78, 5) is 16.8. The summed E-state index contributed by atoms with van der Waals surface area (Å²) >= 11 is 0. The van der Waals surface area contributed by atoms with Crippen LogP contribution in [0.2, 0.25) is 0 Å². The summed E-state index contributed by atoms with van der Waals surface area (Å²) < 4.78 is 13.8. The van der Waals surface area contributed by atoms with Gasteiger partial charge in [0.25, 0.3) is 0 Å². The van der Waals surface area contributed by atoms with E-state index < -0.39 is 5.82 Å². The molecule has 1 atom stereocenters. The number of nitrogens with one attached hydrogen (secondary N) is 1. The first kappa shape index (κ1) is 24.9. The number of para-hydroxylation sites is 1. The fourth-order valence-corrected chi connectivity index (χ4v) is 3.85. The molecule has 1 fully saturated rings. The number of carbonyl (C=O) groups excluding carboxylic acids is 1. The first-order valence-corrected chi connectivity index (χ1v) is 10.8. The van der Waals surface area contributed by atoms with Crippen molar-refractivity contribution >= 4 is 11.7 Å². The third kappa shape index (κ3) is 6.83. The van der Waals surface area contributed by atoms with Crippen molar-refractivity contribution in [2.24, 2.45) is 0 Å². The highest BCUT2D eigenvalue weighted by Gasteiger charge is 2.27. The van der Waals surface area contributed by atoms with Crippen molar-refractivity contribution in [2.75, 3.05) is 31.5 Å². The predicted molar refractivity (Wildman–Crippen MR) is 131 cm³/mol. The Hall–Kier alpha value is -3.36. The molecular weight excluding hydrogens is 401 g/mol. The summed E-state index contributed by atoms with van der Waals surface area (Å²) in [7, 11) is 0. The lowest BCUT2D eigenvalue weighted by Crippen LogP contribution is -2.51. The molecule has 168 valence electrons. The Labute approximate surface area is 191 Å². The van der Waals surface area contributed by atoms with E-state index in [0.29, 0.717) is 13.1 Å². The monoisotopic (exact) mass is 433 g/mol.